The summed E-state index contributed by atoms with van der Waals surface area (Å²) in [6, 6.07) is 9.76. The maximum atomic E-state index is 12.3. The second kappa shape index (κ2) is 6.75. The zero-order valence-electron chi connectivity index (χ0n) is 13.5. The number of carbonyl (C=O) groups is 1. The standard InChI is InChI=1S/C17H24N4O/c1-17(2,12-18)13-20(3)16(22)11-14-5-7-15(8-6-14)21-10-4-9-19-21/h4-10H,11-13,18H2,1-3H3. The molecule has 0 bridgehead atoms. The minimum absolute atomic E-state index is 0.0612. The summed E-state index contributed by atoms with van der Waals surface area (Å²) in [7, 11) is 1.83. The first-order valence-corrected chi connectivity index (χ1v) is 7.44. The molecule has 5 nitrogen and oxygen atoms in total. The molecule has 1 amide bonds. The van der Waals surface area contributed by atoms with Crippen LogP contribution in [0.2, 0.25) is 0 Å². The summed E-state index contributed by atoms with van der Waals surface area (Å²) in [5.41, 5.74) is 7.65. The lowest BCUT2D eigenvalue weighted by Gasteiger charge is -2.29. The summed E-state index contributed by atoms with van der Waals surface area (Å²) in [5.74, 6) is 0.105. The maximum absolute atomic E-state index is 12.3. The van der Waals surface area contributed by atoms with E-state index in [2.05, 4.69) is 18.9 Å². The van der Waals surface area contributed by atoms with Gasteiger partial charge in [-0.05, 0) is 35.7 Å². The third-order valence-corrected chi connectivity index (χ3v) is 3.70. The SMILES string of the molecule is CN(CC(C)(C)CN)C(=O)Cc1ccc(-n2cccn2)cc1. The molecule has 118 valence electrons. The Morgan fingerprint density at radius 2 is 2.00 bits per heavy atom. The van der Waals surface area contributed by atoms with Crippen molar-refractivity contribution in [3.05, 3.63) is 48.3 Å². The highest BCUT2D eigenvalue weighted by Gasteiger charge is 2.21. The van der Waals surface area contributed by atoms with Crippen molar-refractivity contribution in [2.75, 3.05) is 20.1 Å². The van der Waals surface area contributed by atoms with Crippen LogP contribution in [0.5, 0.6) is 0 Å². The molecule has 0 unspecified atom stereocenters. The normalized spacial score (nSPS) is 11.5. The number of nitrogens with zero attached hydrogens (tertiary/aromatic N) is 3. The van der Waals surface area contributed by atoms with Gasteiger partial charge in [0, 0.05) is 26.0 Å². The van der Waals surface area contributed by atoms with Gasteiger partial charge in [0.1, 0.15) is 0 Å². The molecule has 5 heteroatoms. The van der Waals surface area contributed by atoms with Crippen molar-refractivity contribution >= 4 is 5.91 Å². The topological polar surface area (TPSA) is 64.2 Å². The molecule has 1 aromatic heterocycles. The van der Waals surface area contributed by atoms with Gasteiger partial charge in [0.15, 0.2) is 0 Å². The highest BCUT2D eigenvalue weighted by molar-refractivity contribution is 5.78. The van der Waals surface area contributed by atoms with Crippen LogP contribution in [0.15, 0.2) is 42.7 Å². The van der Waals surface area contributed by atoms with E-state index in [1.54, 1.807) is 15.8 Å². The van der Waals surface area contributed by atoms with Crippen molar-refractivity contribution in [2.24, 2.45) is 11.1 Å². The smallest absolute Gasteiger partial charge is 0.226 e. The van der Waals surface area contributed by atoms with Gasteiger partial charge in [-0.25, -0.2) is 4.68 Å². The van der Waals surface area contributed by atoms with Gasteiger partial charge in [-0.2, -0.15) is 5.10 Å². The summed E-state index contributed by atoms with van der Waals surface area (Å²) in [5, 5.41) is 4.18. The summed E-state index contributed by atoms with van der Waals surface area (Å²) < 4.78 is 1.79. The number of hydrogen-bond donors (Lipinski definition) is 1. The Morgan fingerprint density at radius 1 is 1.32 bits per heavy atom. The molecule has 0 spiro atoms. The zero-order chi connectivity index (χ0) is 16.2. The molecule has 0 atom stereocenters. The van der Waals surface area contributed by atoms with E-state index in [1.807, 2.05) is 43.6 Å². The minimum Gasteiger partial charge on any atom is -0.345 e. The number of hydrogen-bond acceptors (Lipinski definition) is 3. The highest BCUT2D eigenvalue weighted by Crippen LogP contribution is 2.15. The molecular formula is C17H24N4O. The quantitative estimate of drug-likeness (QED) is 0.885. The average molecular weight is 300 g/mol. The Hall–Kier alpha value is -2.14. The number of aromatic nitrogens is 2. The molecule has 0 saturated heterocycles. The van der Waals surface area contributed by atoms with E-state index in [0.717, 1.165) is 11.3 Å². The fraction of sp³-hybridized carbons (Fsp3) is 0.412. The maximum Gasteiger partial charge on any atom is 0.226 e. The predicted octanol–water partition coefficient (Wildman–Crippen LogP) is 1.86. The van der Waals surface area contributed by atoms with Gasteiger partial charge in [0.25, 0.3) is 0 Å². The number of likely N-dealkylation sites (N-methyl/N-ethyl adjacent to an activating group) is 1. The second-order valence-corrected chi connectivity index (χ2v) is 6.41. The second-order valence-electron chi connectivity index (χ2n) is 6.41. The number of nitrogens with two attached hydrogens (primary N) is 1. The van der Waals surface area contributed by atoms with Gasteiger partial charge in [0.05, 0.1) is 12.1 Å². The van der Waals surface area contributed by atoms with Crippen LogP contribution in [0.1, 0.15) is 19.4 Å². The van der Waals surface area contributed by atoms with Crippen LogP contribution < -0.4 is 5.73 Å². The average Bonchev–Trinajstić information content (AvgIpc) is 3.02. The van der Waals surface area contributed by atoms with E-state index in [9.17, 15) is 4.79 Å². The third kappa shape index (κ3) is 4.18. The van der Waals surface area contributed by atoms with Gasteiger partial charge < -0.3 is 10.6 Å². The molecule has 0 saturated carbocycles. The summed E-state index contributed by atoms with van der Waals surface area (Å²) >= 11 is 0. The van der Waals surface area contributed by atoms with Gasteiger partial charge in [-0.1, -0.05) is 26.0 Å². The molecular weight excluding hydrogens is 276 g/mol. The lowest BCUT2D eigenvalue weighted by atomic mass is 9.93. The van der Waals surface area contributed by atoms with Crippen LogP contribution >= 0.6 is 0 Å². The zero-order valence-corrected chi connectivity index (χ0v) is 13.5. The molecule has 2 aromatic rings. The van der Waals surface area contributed by atoms with Crippen LogP contribution in [0.3, 0.4) is 0 Å². The third-order valence-electron chi connectivity index (χ3n) is 3.70. The van der Waals surface area contributed by atoms with Crippen molar-refractivity contribution < 1.29 is 4.79 Å². The minimum atomic E-state index is -0.0612. The Morgan fingerprint density at radius 3 is 2.55 bits per heavy atom. The first-order chi connectivity index (χ1) is 10.4. The monoisotopic (exact) mass is 300 g/mol. The van der Waals surface area contributed by atoms with Crippen molar-refractivity contribution in [2.45, 2.75) is 20.3 Å². The molecule has 0 aliphatic carbocycles. The molecule has 0 aliphatic rings. The van der Waals surface area contributed by atoms with Crippen LogP contribution in [0, 0.1) is 5.41 Å². The van der Waals surface area contributed by atoms with Crippen molar-refractivity contribution in [1.29, 1.82) is 0 Å². The lowest BCUT2D eigenvalue weighted by Crippen LogP contribution is -2.40. The van der Waals surface area contributed by atoms with Gasteiger partial charge in [-0.3, -0.25) is 4.79 Å². The van der Waals surface area contributed by atoms with Gasteiger partial charge in [-0.15, -0.1) is 0 Å². The van der Waals surface area contributed by atoms with E-state index in [4.69, 9.17) is 5.73 Å². The molecule has 2 rings (SSSR count). The van der Waals surface area contributed by atoms with Crippen LogP contribution in [0.25, 0.3) is 5.69 Å². The first-order valence-electron chi connectivity index (χ1n) is 7.44. The fourth-order valence-electron chi connectivity index (χ4n) is 2.29. The summed E-state index contributed by atoms with van der Waals surface area (Å²) in [6.07, 6.45) is 4.03. The van der Waals surface area contributed by atoms with Crippen LogP contribution in [-0.4, -0.2) is 40.7 Å². The van der Waals surface area contributed by atoms with Gasteiger partial charge in [0.2, 0.25) is 5.91 Å². The number of carbonyl (C=O) groups excluding carboxylic acids is 1. The van der Waals surface area contributed by atoms with Crippen molar-refractivity contribution in [3.8, 4) is 5.69 Å². The highest BCUT2D eigenvalue weighted by atomic mass is 16.2. The largest absolute Gasteiger partial charge is 0.345 e. The van der Waals surface area contributed by atoms with Crippen molar-refractivity contribution in [1.82, 2.24) is 14.7 Å². The van der Waals surface area contributed by atoms with E-state index >= 15 is 0 Å². The van der Waals surface area contributed by atoms with E-state index in [0.29, 0.717) is 19.5 Å². The molecule has 0 radical (unpaired) electrons. The Labute approximate surface area is 131 Å². The van der Waals surface area contributed by atoms with E-state index < -0.39 is 0 Å². The lowest BCUT2D eigenvalue weighted by molar-refractivity contribution is -0.130. The van der Waals surface area contributed by atoms with Crippen LogP contribution in [0.4, 0.5) is 0 Å². The Balaban J connectivity index is 1.97. The fourth-order valence-corrected chi connectivity index (χ4v) is 2.29. The summed E-state index contributed by atoms with van der Waals surface area (Å²) in [4.78, 5) is 14.0. The number of rotatable bonds is 6. The number of amides is 1. The van der Waals surface area contributed by atoms with Crippen molar-refractivity contribution in [3.63, 3.8) is 0 Å². The molecule has 0 aliphatic heterocycles. The van der Waals surface area contributed by atoms with E-state index in [-0.39, 0.29) is 11.3 Å². The molecule has 2 N–H and O–H groups in total. The Bertz CT molecular complexity index is 602. The Kier molecular flexibility index (Phi) is 4.98. The first kappa shape index (κ1) is 16.2. The summed E-state index contributed by atoms with van der Waals surface area (Å²) in [6.45, 7) is 5.35. The predicted molar refractivity (Wildman–Crippen MR) is 87.7 cm³/mol. The molecule has 22 heavy (non-hydrogen) atoms. The van der Waals surface area contributed by atoms with E-state index in [1.165, 1.54) is 0 Å². The van der Waals surface area contributed by atoms with Gasteiger partial charge >= 0.3 is 0 Å². The number of benzene rings is 1. The molecule has 1 heterocycles. The van der Waals surface area contributed by atoms with Crippen LogP contribution in [-0.2, 0) is 11.2 Å². The molecule has 0 fully saturated rings. The molecule has 1 aromatic carbocycles.